The number of hydrogen-bond donors (Lipinski definition) is 2. The van der Waals surface area contributed by atoms with Crippen LogP contribution >= 0.6 is 0 Å². The molecule has 4 rings (SSSR count). The number of nitrogen functional groups attached to an aromatic ring is 2. The van der Waals surface area contributed by atoms with Crippen molar-refractivity contribution in [1.82, 2.24) is 0 Å². The van der Waals surface area contributed by atoms with Crippen LogP contribution in [0.25, 0.3) is 0 Å². The van der Waals surface area contributed by atoms with Crippen molar-refractivity contribution in [2.45, 2.75) is 141 Å². The van der Waals surface area contributed by atoms with Gasteiger partial charge in [-0.3, -0.25) is 0 Å². The molecule has 0 radical (unpaired) electrons. The summed E-state index contributed by atoms with van der Waals surface area (Å²) >= 11 is 0. The molecule has 0 fully saturated rings. The predicted molar refractivity (Wildman–Crippen MR) is 211 cm³/mol. The van der Waals surface area contributed by atoms with Crippen molar-refractivity contribution in [1.29, 1.82) is 0 Å². The molecule has 3 atom stereocenters. The van der Waals surface area contributed by atoms with Gasteiger partial charge in [-0.25, -0.2) is 0 Å². The van der Waals surface area contributed by atoms with Gasteiger partial charge in [0.15, 0.2) is 0 Å². The SMILES string of the molecule is CCCCCCCCC(c1ccc(N)cc1)c1ccc(CC(CC)c2ccc(C(CCCCCCCC)c3ccc(N)cc3)cc2)cc1. The van der Waals surface area contributed by atoms with Gasteiger partial charge in [0.1, 0.15) is 0 Å². The standard InChI is InChI=1S/C46H64N2/c1-4-7-9-11-13-15-17-45(41-27-31-43(47)32-28-41)39-21-19-36(20-22-39)35-37(6-3)38-23-25-40(26-24-38)46(18-16-14-12-10-8-5-2)42-29-33-44(48)34-30-42/h19-34,37,45-46H,4-18,35,47-48H2,1-3H3. The molecule has 0 saturated carbocycles. The Morgan fingerprint density at radius 2 is 0.729 bits per heavy atom. The molecule has 0 aliphatic carbocycles. The highest BCUT2D eigenvalue weighted by atomic mass is 14.5. The lowest BCUT2D eigenvalue weighted by Gasteiger charge is -2.21. The zero-order valence-electron chi connectivity index (χ0n) is 30.4. The number of anilines is 2. The monoisotopic (exact) mass is 645 g/mol. The third-order valence-corrected chi connectivity index (χ3v) is 10.5. The zero-order valence-corrected chi connectivity index (χ0v) is 30.4. The smallest absolute Gasteiger partial charge is 0.0314 e. The summed E-state index contributed by atoms with van der Waals surface area (Å²) in [6, 6.07) is 36.3. The average molecular weight is 645 g/mol. The minimum absolute atomic E-state index is 0.420. The Morgan fingerprint density at radius 3 is 1.12 bits per heavy atom. The maximum Gasteiger partial charge on any atom is 0.0314 e. The van der Waals surface area contributed by atoms with Gasteiger partial charge in [-0.15, -0.1) is 0 Å². The average Bonchev–Trinajstić information content (AvgIpc) is 3.12. The fourth-order valence-electron chi connectivity index (χ4n) is 7.43. The summed E-state index contributed by atoms with van der Waals surface area (Å²) in [5.74, 6) is 1.35. The second kappa shape index (κ2) is 20.8. The quantitative estimate of drug-likeness (QED) is 0.0660. The van der Waals surface area contributed by atoms with Crippen molar-refractivity contribution >= 4 is 11.4 Å². The summed E-state index contributed by atoms with van der Waals surface area (Å²) in [6.07, 6.45) is 20.5. The molecule has 3 unspecified atom stereocenters. The molecular weight excluding hydrogens is 581 g/mol. The van der Waals surface area contributed by atoms with Crippen molar-refractivity contribution in [2.75, 3.05) is 11.5 Å². The number of rotatable bonds is 22. The van der Waals surface area contributed by atoms with Gasteiger partial charge in [-0.2, -0.15) is 0 Å². The number of hydrogen-bond acceptors (Lipinski definition) is 2. The van der Waals surface area contributed by atoms with Gasteiger partial charge in [-0.05, 0) is 89.2 Å². The van der Waals surface area contributed by atoms with Crippen LogP contribution in [-0.2, 0) is 6.42 Å². The molecule has 0 aromatic heterocycles. The fourth-order valence-corrected chi connectivity index (χ4v) is 7.43. The first-order chi connectivity index (χ1) is 23.5. The first-order valence-electron chi connectivity index (χ1n) is 19.4. The van der Waals surface area contributed by atoms with E-state index in [1.54, 1.807) is 0 Å². The van der Waals surface area contributed by atoms with Gasteiger partial charge in [0, 0.05) is 23.2 Å². The van der Waals surface area contributed by atoms with E-state index in [0.717, 1.165) is 24.2 Å². The van der Waals surface area contributed by atoms with E-state index in [2.05, 4.69) is 118 Å². The van der Waals surface area contributed by atoms with E-state index in [0.29, 0.717) is 17.8 Å². The van der Waals surface area contributed by atoms with Crippen molar-refractivity contribution in [3.8, 4) is 0 Å². The number of nitrogens with two attached hydrogens (primary N) is 2. The van der Waals surface area contributed by atoms with Crippen LogP contribution in [0.1, 0.15) is 168 Å². The first-order valence-corrected chi connectivity index (χ1v) is 19.4. The number of unbranched alkanes of at least 4 members (excludes halogenated alkanes) is 10. The van der Waals surface area contributed by atoms with Crippen molar-refractivity contribution in [3.05, 3.63) is 130 Å². The molecule has 0 spiro atoms. The molecule has 0 bridgehead atoms. The van der Waals surface area contributed by atoms with Crippen LogP contribution in [0.4, 0.5) is 11.4 Å². The molecular formula is C46H64N2. The van der Waals surface area contributed by atoms with Crippen molar-refractivity contribution in [3.63, 3.8) is 0 Å². The second-order valence-electron chi connectivity index (χ2n) is 14.3. The van der Waals surface area contributed by atoms with E-state index in [1.165, 1.54) is 123 Å². The highest BCUT2D eigenvalue weighted by Crippen LogP contribution is 2.34. The van der Waals surface area contributed by atoms with Crippen LogP contribution in [-0.4, -0.2) is 0 Å². The van der Waals surface area contributed by atoms with Crippen LogP contribution < -0.4 is 11.5 Å². The molecule has 4 N–H and O–H groups in total. The Hall–Kier alpha value is -3.52. The molecule has 2 heteroatoms. The normalized spacial score (nSPS) is 13.3. The third kappa shape index (κ3) is 11.9. The van der Waals surface area contributed by atoms with Gasteiger partial charge < -0.3 is 11.5 Å². The van der Waals surface area contributed by atoms with Crippen LogP contribution in [0.5, 0.6) is 0 Å². The Morgan fingerprint density at radius 1 is 0.396 bits per heavy atom. The van der Waals surface area contributed by atoms with E-state index < -0.39 is 0 Å². The number of benzene rings is 4. The first kappa shape index (κ1) is 37.3. The van der Waals surface area contributed by atoms with Gasteiger partial charge in [0.2, 0.25) is 0 Å². The summed E-state index contributed by atoms with van der Waals surface area (Å²) in [7, 11) is 0. The Balaban J connectivity index is 1.42. The van der Waals surface area contributed by atoms with Gasteiger partial charge in [-0.1, -0.05) is 171 Å². The summed E-state index contributed by atoms with van der Waals surface area (Å²) in [4.78, 5) is 0. The van der Waals surface area contributed by atoms with Crippen LogP contribution in [0, 0.1) is 0 Å². The molecule has 48 heavy (non-hydrogen) atoms. The molecule has 4 aromatic rings. The van der Waals surface area contributed by atoms with E-state index in [-0.39, 0.29) is 0 Å². The van der Waals surface area contributed by atoms with Crippen LogP contribution in [0.2, 0.25) is 0 Å². The van der Waals surface area contributed by atoms with Crippen LogP contribution in [0.15, 0.2) is 97.1 Å². The maximum absolute atomic E-state index is 6.05. The Bertz CT molecular complexity index is 1400. The van der Waals surface area contributed by atoms with E-state index in [9.17, 15) is 0 Å². The summed E-state index contributed by atoms with van der Waals surface area (Å²) in [6.45, 7) is 6.91. The third-order valence-electron chi connectivity index (χ3n) is 10.5. The maximum atomic E-state index is 6.05. The van der Waals surface area contributed by atoms with E-state index in [4.69, 9.17) is 11.5 Å². The lowest BCUT2D eigenvalue weighted by atomic mass is 9.83. The lowest BCUT2D eigenvalue weighted by Crippen LogP contribution is -2.06. The van der Waals surface area contributed by atoms with Gasteiger partial charge in [0.25, 0.3) is 0 Å². The fraction of sp³-hybridized carbons (Fsp3) is 0.478. The highest BCUT2D eigenvalue weighted by Gasteiger charge is 2.18. The minimum atomic E-state index is 0.420. The highest BCUT2D eigenvalue weighted by molar-refractivity contribution is 5.44. The Labute approximate surface area is 293 Å². The zero-order chi connectivity index (χ0) is 34.0. The second-order valence-corrected chi connectivity index (χ2v) is 14.3. The van der Waals surface area contributed by atoms with Crippen molar-refractivity contribution < 1.29 is 0 Å². The molecule has 0 heterocycles. The van der Waals surface area contributed by atoms with Gasteiger partial charge >= 0.3 is 0 Å². The van der Waals surface area contributed by atoms with E-state index >= 15 is 0 Å². The van der Waals surface area contributed by atoms with Crippen LogP contribution in [0.3, 0.4) is 0 Å². The predicted octanol–water partition coefficient (Wildman–Crippen LogP) is 13.4. The summed E-state index contributed by atoms with van der Waals surface area (Å²) < 4.78 is 0. The van der Waals surface area contributed by atoms with E-state index in [1.807, 2.05) is 0 Å². The molecule has 4 aromatic carbocycles. The lowest BCUT2D eigenvalue weighted by molar-refractivity contribution is 0.568. The molecule has 0 aliphatic rings. The molecule has 258 valence electrons. The minimum Gasteiger partial charge on any atom is -0.399 e. The topological polar surface area (TPSA) is 52.0 Å². The molecule has 0 aliphatic heterocycles. The summed E-state index contributed by atoms with van der Waals surface area (Å²) in [5, 5.41) is 0. The molecule has 2 nitrogen and oxygen atoms in total. The largest absolute Gasteiger partial charge is 0.399 e. The summed E-state index contributed by atoms with van der Waals surface area (Å²) in [5.41, 5.74) is 22.3. The Kier molecular flexibility index (Phi) is 16.1. The molecule has 0 saturated heterocycles. The van der Waals surface area contributed by atoms with Gasteiger partial charge in [0.05, 0.1) is 0 Å². The molecule has 0 amide bonds. The van der Waals surface area contributed by atoms with Crippen molar-refractivity contribution in [2.24, 2.45) is 0 Å².